The van der Waals surface area contributed by atoms with Crippen LogP contribution in [0, 0.1) is 0 Å². The van der Waals surface area contributed by atoms with Crippen molar-refractivity contribution in [1.29, 1.82) is 0 Å². The molecule has 1 aromatic carbocycles. The highest BCUT2D eigenvalue weighted by atomic mass is 32.2. The molecule has 4 rings (SSSR count). The number of carbonyl (C=O) groups is 2. The van der Waals surface area contributed by atoms with Gasteiger partial charge in [-0.05, 0) is 37.1 Å². The summed E-state index contributed by atoms with van der Waals surface area (Å²) in [5.74, 6) is -0.165. The molecule has 1 saturated heterocycles. The van der Waals surface area contributed by atoms with E-state index >= 15 is 0 Å². The van der Waals surface area contributed by atoms with Gasteiger partial charge < -0.3 is 9.64 Å². The van der Waals surface area contributed by atoms with E-state index < -0.39 is 16.1 Å². The van der Waals surface area contributed by atoms with Gasteiger partial charge in [-0.15, -0.1) is 0 Å². The molecule has 3 heterocycles. The Labute approximate surface area is 178 Å². The van der Waals surface area contributed by atoms with Gasteiger partial charge in [0.05, 0.1) is 24.2 Å². The van der Waals surface area contributed by atoms with E-state index in [0.717, 1.165) is 23.4 Å². The molecule has 2 aromatic rings. The molecule has 2 aliphatic heterocycles. The predicted octanol–water partition coefficient (Wildman–Crippen LogP) is 2.30. The van der Waals surface area contributed by atoms with Crippen LogP contribution in [0.1, 0.15) is 33.8 Å². The SMILES string of the molecule is COC(=O)Nc1nc2c(s1)CN(C(=O)c1ccc(S(=O)(=O)N3CCCC3)cc1)CC2. The van der Waals surface area contributed by atoms with Gasteiger partial charge in [0, 0.05) is 36.5 Å². The Morgan fingerprint density at radius 1 is 1.13 bits per heavy atom. The first-order valence-corrected chi connectivity index (χ1v) is 11.9. The van der Waals surface area contributed by atoms with Gasteiger partial charge in [-0.1, -0.05) is 11.3 Å². The number of hydrogen-bond donors (Lipinski definition) is 1. The van der Waals surface area contributed by atoms with Crippen molar-refractivity contribution in [2.75, 3.05) is 32.1 Å². The summed E-state index contributed by atoms with van der Waals surface area (Å²) in [6.07, 6.45) is 1.75. The van der Waals surface area contributed by atoms with Crippen molar-refractivity contribution in [1.82, 2.24) is 14.2 Å². The monoisotopic (exact) mass is 450 g/mol. The summed E-state index contributed by atoms with van der Waals surface area (Å²) in [5, 5.41) is 2.99. The molecule has 0 bridgehead atoms. The topological polar surface area (TPSA) is 109 Å². The highest BCUT2D eigenvalue weighted by molar-refractivity contribution is 7.89. The second-order valence-corrected chi connectivity index (χ2v) is 10.1. The number of anilines is 1. The van der Waals surface area contributed by atoms with Gasteiger partial charge >= 0.3 is 6.09 Å². The Hall–Kier alpha value is -2.50. The van der Waals surface area contributed by atoms with E-state index in [-0.39, 0.29) is 10.8 Å². The van der Waals surface area contributed by atoms with E-state index in [2.05, 4.69) is 15.0 Å². The summed E-state index contributed by atoms with van der Waals surface area (Å²) in [6.45, 7) is 1.98. The third-order valence-electron chi connectivity index (χ3n) is 5.22. The lowest BCUT2D eigenvalue weighted by molar-refractivity contribution is 0.0736. The molecule has 9 nitrogen and oxygen atoms in total. The Kier molecular flexibility index (Phi) is 5.76. The standard InChI is InChI=1S/C19H22N4O5S2/c1-28-19(25)21-18-20-15-8-11-22(12-16(15)29-18)17(24)13-4-6-14(7-5-13)30(26,27)23-9-2-3-10-23/h4-7H,2-3,8-12H2,1H3,(H,20,21,25). The zero-order valence-electron chi connectivity index (χ0n) is 16.5. The predicted molar refractivity (Wildman–Crippen MR) is 111 cm³/mol. The fourth-order valence-electron chi connectivity index (χ4n) is 3.59. The van der Waals surface area contributed by atoms with E-state index in [4.69, 9.17) is 0 Å². The van der Waals surface area contributed by atoms with Crippen LogP contribution >= 0.6 is 11.3 Å². The molecule has 1 N–H and O–H groups in total. The summed E-state index contributed by atoms with van der Waals surface area (Å²) < 4.78 is 31.3. The quantitative estimate of drug-likeness (QED) is 0.766. The molecule has 0 radical (unpaired) electrons. The molecule has 1 aromatic heterocycles. The van der Waals surface area contributed by atoms with Gasteiger partial charge in [0.2, 0.25) is 10.0 Å². The fourth-order valence-corrected chi connectivity index (χ4v) is 6.12. The van der Waals surface area contributed by atoms with Gasteiger partial charge in [-0.2, -0.15) is 4.31 Å². The van der Waals surface area contributed by atoms with E-state index in [0.29, 0.717) is 43.3 Å². The number of benzene rings is 1. The number of rotatable bonds is 4. The highest BCUT2D eigenvalue weighted by Gasteiger charge is 2.28. The number of nitrogens with one attached hydrogen (secondary N) is 1. The maximum absolute atomic E-state index is 12.9. The molecule has 2 amide bonds. The number of amides is 2. The van der Waals surface area contributed by atoms with Gasteiger partial charge in [0.1, 0.15) is 0 Å². The van der Waals surface area contributed by atoms with Crippen molar-refractivity contribution in [2.24, 2.45) is 0 Å². The number of ether oxygens (including phenoxy) is 1. The molecule has 0 atom stereocenters. The van der Waals surface area contributed by atoms with Crippen molar-refractivity contribution in [3.05, 3.63) is 40.4 Å². The number of nitrogens with zero attached hydrogens (tertiary/aromatic N) is 3. The van der Waals surface area contributed by atoms with Crippen molar-refractivity contribution in [2.45, 2.75) is 30.7 Å². The summed E-state index contributed by atoms with van der Waals surface area (Å²) in [7, 11) is -2.22. The molecule has 2 aliphatic rings. The lowest BCUT2D eigenvalue weighted by atomic mass is 10.1. The molecular formula is C19H22N4O5S2. The van der Waals surface area contributed by atoms with E-state index in [1.165, 1.54) is 34.9 Å². The normalized spacial score (nSPS) is 16.9. The minimum atomic E-state index is -3.50. The molecule has 160 valence electrons. The Bertz CT molecular complexity index is 1060. The number of sulfonamides is 1. The lowest BCUT2D eigenvalue weighted by Crippen LogP contribution is -2.35. The van der Waals surface area contributed by atoms with Gasteiger partial charge in [0.15, 0.2) is 5.13 Å². The van der Waals surface area contributed by atoms with Crippen LogP contribution in [0.4, 0.5) is 9.93 Å². The van der Waals surface area contributed by atoms with Crippen LogP contribution in [0.25, 0.3) is 0 Å². The van der Waals surface area contributed by atoms with Gasteiger partial charge in [0.25, 0.3) is 5.91 Å². The second kappa shape index (κ2) is 8.32. The van der Waals surface area contributed by atoms with Crippen LogP contribution in [-0.2, 0) is 27.7 Å². The Morgan fingerprint density at radius 3 is 2.50 bits per heavy atom. The van der Waals surface area contributed by atoms with Crippen LogP contribution in [0.2, 0.25) is 0 Å². The number of fused-ring (bicyclic) bond motifs is 1. The number of thiazole rings is 1. The number of hydrogen-bond acceptors (Lipinski definition) is 7. The highest BCUT2D eigenvalue weighted by Crippen LogP contribution is 2.29. The van der Waals surface area contributed by atoms with Crippen molar-refractivity contribution in [3.8, 4) is 0 Å². The lowest BCUT2D eigenvalue weighted by Gasteiger charge is -2.26. The first-order chi connectivity index (χ1) is 14.4. The van der Waals surface area contributed by atoms with Crippen LogP contribution in [-0.4, -0.2) is 61.4 Å². The van der Waals surface area contributed by atoms with E-state index in [1.807, 2.05) is 0 Å². The zero-order chi connectivity index (χ0) is 21.3. The third kappa shape index (κ3) is 4.05. The first-order valence-electron chi connectivity index (χ1n) is 9.61. The molecule has 1 fully saturated rings. The van der Waals surface area contributed by atoms with E-state index in [1.54, 1.807) is 17.0 Å². The molecule has 0 unspecified atom stereocenters. The Morgan fingerprint density at radius 2 is 1.83 bits per heavy atom. The van der Waals surface area contributed by atoms with Gasteiger partial charge in [-0.3, -0.25) is 10.1 Å². The largest absolute Gasteiger partial charge is 0.453 e. The molecule has 0 saturated carbocycles. The molecule has 0 aliphatic carbocycles. The summed E-state index contributed by atoms with van der Waals surface area (Å²) >= 11 is 1.31. The van der Waals surface area contributed by atoms with Gasteiger partial charge in [-0.25, -0.2) is 18.2 Å². The fraction of sp³-hybridized carbons (Fsp3) is 0.421. The first kappa shape index (κ1) is 20.8. The second-order valence-electron chi connectivity index (χ2n) is 7.12. The van der Waals surface area contributed by atoms with Crippen LogP contribution < -0.4 is 5.32 Å². The number of aromatic nitrogens is 1. The maximum Gasteiger partial charge on any atom is 0.413 e. The third-order valence-corrected chi connectivity index (χ3v) is 8.13. The summed E-state index contributed by atoms with van der Waals surface area (Å²) in [6, 6.07) is 6.14. The average molecular weight is 451 g/mol. The minimum absolute atomic E-state index is 0.165. The summed E-state index contributed by atoms with van der Waals surface area (Å²) in [5.41, 5.74) is 1.30. The van der Waals surface area contributed by atoms with Crippen molar-refractivity contribution in [3.63, 3.8) is 0 Å². The van der Waals surface area contributed by atoms with Crippen molar-refractivity contribution >= 4 is 38.5 Å². The maximum atomic E-state index is 12.9. The molecular weight excluding hydrogens is 428 g/mol. The van der Waals surface area contributed by atoms with E-state index in [9.17, 15) is 18.0 Å². The minimum Gasteiger partial charge on any atom is -0.453 e. The summed E-state index contributed by atoms with van der Waals surface area (Å²) in [4.78, 5) is 31.5. The van der Waals surface area contributed by atoms with Crippen LogP contribution in [0.5, 0.6) is 0 Å². The molecule has 30 heavy (non-hydrogen) atoms. The van der Waals surface area contributed by atoms with Crippen LogP contribution in [0.15, 0.2) is 29.2 Å². The smallest absolute Gasteiger partial charge is 0.413 e. The number of carbonyl (C=O) groups excluding carboxylic acids is 2. The van der Waals surface area contributed by atoms with Crippen LogP contribution in [0.3, 0.4) is 0 Å². The number of methoxy groups -OCH3 is 1. The Balaban J connectivity index is 1.46. The molecule has 0 spiro atoms. The van der Waals surface area contributed by atoms with Crippen molar-refractivity contribution < 1.29 is 22.7 Å². The zero-order valence-corrected chi connectivity index (χ0v) is 18.1. The molecule has 11 heteroatoms. The average Bonchev–Trinajstić information content (AvgIpc) is 3.42.